The molecule has 2 N–H and O–H groups in total. The van der Waals surface area contributed by atoms with Crippen LogP contribution in [0.15, 0.2) is 22.7 Å². The van der Waals surface area contributed by atoms with E-state index in [0.717, 1.165) is 0 Å². The number of aldehydes is 1. The number of hydrogen-bond acceptors (Lipinski definition) is 2. The standard InChI is InChI=1S/C8H6BrNO2/c9-6-3-1-2-5(4-11)7(6)8(10)12/h1-4H,(H2,10,12). The average molecular weight is 228 g/mol. The Labute approximate surface area is 77.7 Å². The molecule has 0 heterocycles. The van der Waals surface area contributed by atoms with Gasteiger partial charge in [0.25, 0.3) is 5.91 Å². The number of nitrogens with two attached hydrogens (primary N) is 1. The summed E-state index contributed by atoms with van der Waals surface area (Å²) in [6.07, 6.45) is 0.602. The van der Waals surface area contributed by atoms with Crippen molar-refractivity contribution in [3.63, 3.8) is 0 Å². The number of carbonyl (C=O) groups excluding carboxylic acids is 2. The van der Waals surface area contributed by atoms with Crippen molar-refractivity contribution < 1.29 is 9.59 Å². The maximum absolute atomic E-state index is 10.8. The van der Waals surface area contributed by atoms with E-state index in [1.807, 2.05) is 0 Å². The van der Waals surface area contributed by atoms with Crippen LogP contribution in [-0.2, 0) is 0 Å². The maximum atomic E-state index is 10.8. The van der Waals surface area contributed by atoms with Gasteiger partial charge >= 0.3 is 0 Å². The lowest BCUT2D eigenvalue weighted by Gasteiger charge is -2.01. The van der Waals surface area contributed by atoms with Crippen LogP contribution in [0.25, 0.3) is 0 Å². The molecular formula is C8H6BrNO2. The SMILES string of the molecule is NC(=O)c1c(Br)cccc1C=O. The summed E-state index contributed by atoms with van der Waals surface area (Å²) in [4.78, 5) is 21.3. The van der Waals surface area contributed by atoms with E-state index in [1.54, 1.807) is 12.1 Å². The summed E-state index contributed by atoms with van der Waals surface area (Å²) >= 11 is 3.13. The monoisotopic (exact) mass is 227 g/mol. The highest BCUT2D eigenvalue weighted by Crippen LogP contribution is 2.18. The molecule has 12 heavy (non-hydrogen) atoms. The quantitative estimate of drug-likeness (QED) is 0.776. The van der Waals surface area contributed by atoms with Crippen molar-refractivity contribution in [1.82, 2.24) is 0 Å². The molecule has 0 fully saturated rings. The van der Waals surface area contributed by atoms with Crippen LogP contribution >= 0.6 is 15.9 Å². The van der Waals surface area contributed by atoms with E-state index in [4.69, 9.17) is 5.73 Å². The summed E-state index contributed by atoms with van der Waals surface area (Å²) in [5.74, 6) is -0.607. The Hall–Kier alpha value is -1.16. The smallest absolute Gasteiger partial charge is 0.250 e. The molecule has 0 bridgehead atoms. The molecule has 0 aliphatic carbocycles. The van der Waals surface area contributed by atoms with Gasteiger partial charge in [0.05, 0.1) is 5.56 Å². The minimum Gasteiger partial charge on any atom is -0.366 e. The fraction of sp³-hybridized carbons (Fsp3) is 0. The molecule has 1 aromatic rings. The zero-order chi connectivity index (χ0) is 9.14. The highest BCUT2D eigenvalue weighted by molar-refractivity contribution is 9.10. The average Bonchev–Trinajstić information content (AvgIpc) is 2.03. The predicted octanol–water partition coefficient (Wildman–Crippen LogP) is 1.36. The zero-order valence-electron chi connectivity index (χ0n) is 6.08. The molecule has 1 rings (SSSR count). The first-order valence-corrected chi connectivity index (χ1v) is 3.99. The Kier molecular flexibility index (Phi) is 2.60. The topological polar surface area (TPSA) is 60.2 Å². The predicted molar refractivity (Wildman–Crippen MR) is 48.0 cm³/mol. The lowest BCUT2D eigenvalue weighted by molar-refractivity contribution is 0.0992. The van der Waals surface area contributed by atoms with Crippen LogP contribution in [0.3, 0.4) is 0 Å². The van der Waals surface area contributed by atoms with Gasteiger partial charge in [-0.05, 0) is 22.0 Å². The van der Waals surface area contributed by atoms with Gasteiger partial charge in [-0.2, -0.15) is 0 Å². The normalized spacial score (nSPS) is 9.42. The number of halogens is 1. The van der Waals surface area contributed by atoms with E-state index in [9.17, 15) is 9.59 Å². The summed E-state index contributed by atoms with van der Waals surface area (Å²) in [5, 5.41) is 0. The summed E-state index contributed by atoms with van der Waals surface area (Å²) in [5.41, 5.74) is 5.59. The van der Waals surface area contributed by atoms with Crippen molar-refractivity contribution >= 4 is 28.1 Å². The van der Waals surface area contributed by atoms with Crippen molar-refractivity contribution in [3.8, 4) is 0 Å². The van der Waals surface area contributed by atoms with E-state index in [-0.39, 0.29) is 5.56 Å². The Morgan fingerprint density at radius 3 is 2.58 bits per heavy atom. The van der Waals surface area contributed by atoms with Gasteiger partial charge in [-0.1, -0.05) is 12.1 Å². The molecule has 0 aromatic heterocycles. The third kappa shape index (κ3) is 1.53. The Morgan fingerprint density at radius 1 is 1.50 bits per heavy atom. The van der Waals surface area contributed by atoms with Gasteiger partial charge in [0.1, 0.15) is 0 Å². The van der Waals surface area contributed by atoms with Crippen LogP contribution in [0.4, 0.5) is 0 Å². The van der Waals surface area contributed by atoms with Gasteiger partial charge in [0, 0.05) is 10.0 Å². The first kappa shape index (κ1) is 8.93. The van der Waals surface area contributed by atoms with Crippen LogP contribution in [0.1, 0.15) is 20.7 Å². The molecule has 0 radical (unpaired) electrons. The second-order valence-corrected chi connectivity index (χ2v) is 3.04. The lowest BCUT2D eigenvalue weighted by atomic mass is 10.1. The number of amides is 1. The van der Waals surface area contributed by atoms with Gasteiger partial charge in [-0.25, -0.2) is 0 Å². The van der Waals surface area contributed by atoms with E-state index < -0.39 is 5.91 Å². The highest BCUT2D eigenvalue weighted by Gasteiger charge is 2.10. The van der Waals surface area contributed by atoms with Crippen molar-refractivity contribution in [2.75, 3.05) is 0 Å². The highest BCUT2D eigenvalue weighted by atomic mass is 79.9. The van der Waals surface area contributed by atoms with Crippen LogP contribution in [0.2, 0.25) is 0 Å². The van der Waals surface area contributed by atoms with Crippen molar-refractivity contribution in [2.45, 2.75) is 0 Å². The molecule has 0 aliphatic heterocycles. The first-order chi connectivity index (χ1) is 5.66. The fourth-order valence-electron chi connectivity index (χ4n) is 0.899. The minimum atomic E-state index is -0.607. The fourth-order valence-corrected chi connectivity index (χ4v) is 1.48. The van der Waals surface area contributed by atoms with Crippen LogP contribution in [0.5, 0.6) is 0 Å². The van der Waals surface area contributed by atoms with Crippen molar-refractivity contribution in [3.05, 3.63) is 33.8 Å². The summed E-state index contributed by atoms with van der Waals surface area (Å²) in [7, 11) is 0. The van der Waals surface area contributed by atoms with Gasteiger partial charge in [-0.15, -0.1) is 0 Å². The van der Waals surface area contributed by atoms with Gasteiger partial charge in [-0.3, -0.25) is 9.59 Å². The molecular weight excluding hydrogens is 222 g/mol. The van der Waals surface area contributed by atoms with E-state index in [0.29, 0.717) is 16.3 Å². The first-order valence-electron chi connectivity index (χ1n) is 3.20. The molecule has 0 saturated heterocycles. The number of rotatable bonds is 2. The van der Waals surface area contributed by atoms with Crippen LogP contribution in [0, 0.1) is 0 Å². The summed E-state index contributed by atoms with van der Waals surface area (Å²) < 4.78 is 0.541. The molecule has 3 nitrogen and oxygen atoms in total. The molecule has 4 heteroatoms. The second-order valence-electron chi connectivity index (χ2n) is 2.19. The molecule has 0 saturated carbocycles. The van der Waals surface area contributed by atoms with E-state index >= 15 is 0 Å². The van der Waals surface area contributed by atoms with Crippen molar-refractivity contribution in [1.29, 1.82) is 0 Å². The van der Waals surface area contributed by atoms with Crippen molar-refractivity contribution in [2.24, 2.45) is 5.73 Å². The van der Waals surface area contributed by atoms with Gasteiger partial charge in [0.2, 0.25) is 0 Å². The molecule has 1 amide bonds. The second kappa shape index (κ2) is 3.49. The molecule has 0 unspecified atom stereocenters. The Balaban J connectivity index is 3.39. The van der Waals surface area contributed by atoms with E-state index in [1.165, 1.54) is 6.07 Å². The molecule has 1 aromatic carbocycles. The zero-order valence-corrected chi connectivity index (χ0v) is 7.67. The molecule has 0 spiro atoms. The number of hydrogen-bond donors (Lipinski definition) is 1. The third-order valence-corrected chi connectivity index (χ3v) is 2.08. The largest absolute Gasteiger partial charge is 0.366 e. The third-order valence-electron chi connectivity index (χ3n) is 1.42. The maximum Gasteiger partial charge on any atom is 0.250 e. The summed E-state index contributed by atoms with van der Waals surface area (Å²) in [6, 6.07) is 4.87. The Bertz CT molecular complexity index is 336. The lowest BCUT2D eigenvalue weighted by Crippen LogP contribution is -2.14. The van der Waals surface area contributed by atoms with Gasteiger partial charge < -0.3 is 5.73 Å². The number of carbonyl (C=O) groups is 2. The number of benzene rings is 1. The van der Waals surface area contributed by atoms with Crippen LogP contribution in [-0.4, -0.2) is 12.2 Å². The Morgan fingerprint density at radius 2 is 2.17 bits per heavy atom. The minimum absolute atomic E-state index is 0.229. The molecule has 0 atom stereocenters. The van der Waals surface area contributed by atoms with Crippen LogP contribution < -0.4 is 5.73 Å². The van der Waals surface area contributed by atoms with Gasteiger partial charge in [0.15, 0.2) is 6.29 Å². The molecule has 0 aliphatic rings. The summed E-state index contributed by atoms with van der Waals surface area (Å²) in [6.45, 7) is 0. The van der Waals surface area contributed by atoms with E-state index in [2.05, 4.69) is 15.9 Å². The number of primary amides is 1. The molecule has 62 valence electrons.